The number of amides is 1. The van der Waals surface area contributed by atoms with Gasteiger partial charge < -0.3 is 10.2 Å². The Kier molecular flexibility index (Phi) is 6.77. The van der Waals surface area contributed by atoms with E-state index in [-0.39, 0.29) is 11.3 Å². The molecule has 1 N–H and O–H groups in total. The maximum atomic E-state index is 12.6. The van der Waals surface area contributed by atoms with Crippen LogP contribution in [0.2, 0.25) is 0 Å². The van der Waals surface area contributed by atoms with Gasteiger partial charge in [-0.05, 0) is 29.3 Å². The summed E-state index contributed by atoms with van der Waals surface area (Å²) in [6.07, 6.45) is 0. The first-order chi connectivity index (χ1) is 15.6. The lowest BCUT2D eigenvalue weighted by atomic mass is 10.1. The predicted octanol–water partition coefficient (Wildman–Crippen LogP) is 3.85. The van der Waals surface area contributed by atoms with Crippen molar-refractivity contribution in [2.24, 2.45) is 0 Å². The second-order valence-electron chi connectivity index (χ2n) is 7.82. The van der Waals surface area contributed by atoms with Gasteiger partial charge in [0.05, 0.1) is 4.92 Å². The highest BCUT2D eigenvalue weighted by atomic mass is 16.6. The Morgan fingerprint density at radius 1 is 0.844 bits per heavy atom. The van der Waals surface area contributed by atoms with Crippen LogP contribution in [0.15, 0.2) is 78.9 Å². The molecule has 1 aliphatic rings. The van der Waals surface area contributed by atoms with Gasteiger partial charge in [-0.2, -0.15) is 0 Å². The van der Waals surface area contributed by atoms with Gasteiger partial charge in [0.2, 0.25) is 0 Å². The number of para-hydroxylation sites is 2. The molecule has 0 radical (unpaired) electrons. The van der Waals surface area contributed by atoms with Gasteiger partial charge in [0.25, 0.3) is 11.6 Å². The first kappa shape index (κ1) is 21.5. The fourth-order valence-corrected chi connectivity index (χ4v) is 4.02. The normalized spacial score (nSPS) is 14.2. The van der Waals surface area contributed by atoms with Gasteiger partial charge in [0, 0.05) is 51.0 Å². The summed E-state index contributed by atoms with van der Waals surface area (Å²) in [6, 6.07) is 24.5. The van der Waals surface area contributed by atoms with Gasteiger partial charge in [-0.1, -0.05) is 54.6 Å². The highest BCUT2D eigenvalue weighted by Gasteiger charge is 2.20. The third-order valence-electron chi connectivity index (χ3n) is 5.79. The number of hydrogen-bond acceptors (Lipinski definition) is 5. The van der Waals surface area contributed by atoms with Crippen molar-refractivity contribution in [1.82, 2.24) is 10.2 Å². The largest absolute Gasteiger partial charge is 0.369 e. The molecule has 0 aromatic heterocycles. The minimum absolute atomic E-state index is 0.0759. The molecular formula is C25H26N4O3. The molecule has 0 saturated carbocycles. The van der Waals surface area contributed by atoms with Crippen molar-refractivity contribution in [3.8, 4) is 0 Å². The van der Waals surface area contributed by atoms with E-state index >= 15 is 0 Å². The summed E-state index contributed by atoms with van der Waals surface area (Å²) in [5, 5.41) is 14.1. The van der Waals surface area contributed by atoms with Crippen LogP contribution in [0.1, 0.15) is 21.5 Å². The Morgan fingerprint density at radius 3 is 2.19 bits per heavy atom. The quantitative estimate of drug-likeness (QED) is 0.455. The second-order valence-corrected chi connectivity index (χ2v) is 7.82. The fraction of sp³-hybridized carbons (Fsp3) is 0.240. The van der Waals surface area contributed by atoms with Crippen LogP contribution in [-0.4, -0.2) is 41.9 Å². The molecule has 4 rings (SSSR count). The van der Waals surface area contributed by atoms with Gasteiger partial charge in [-0.25, -0.2) is 0 Å². The van der Waals surface area contributed by atoms with Gasteiger partial charge in [-0.15, -0.1) is 0 Å². The Bertz CT molecular complexity index is 1080. The highest BCUT2D eigenvalue weighted by Crippen LogP contribution is 2.20. The number of carbonyl (C=O) groups is 1. The van der Waals surface area contributed by atoms with Crippen LogP contribution in [0.4, 0.5) is 11.4 Å². The molecule has 3 aromatic carbocycles. The first-order valence-corrected chi connectivity index (χ1v) is 10.7. The molecule has 164 valence electrons. The molecule has 0 aliphatic carbocycles. The first-order valence-electron chi connectivity index (χ1n) is 10.7. The summed E-state index contributed by atoms with van der Waals surface area (Å²) >= 11 is 0. The number of nitrogens with zero attached hydrogens (tertiary/aromatic N) is 3. The van der Waals surface area contributed by atoms with E-state index in [9.17, 15) is 14.9 Å². The van der Waals surface area contributed by atoms with Gasteiger partial charge in [-0.3, -0.25) is 19.8 Å². The van der Waals surface area contributed by atoms with E-state index < -0.39 is 10.8 Å². The Balaban J connectivity index is 1.37. The summed E-state index contributed by atoms with van der Waals surface area (Å²) < 4.78 is 0. The van der Waals surface area contributed by atoms with E-state index in [0.717, 1.165) is 43.9 Å². The molecule has 0 atom stereocenters. The lowest BCUT2D eigenvalue weighted by Crippen LogP contribution is -2.46. The van der Waals surface area contributed by atoms with E-state index in [1.165, 1.54) is 17.8 Å². The van der Waals surface area contributed by atoms with Gasteiger partial charge >= 0.3 is 0 Å². The van der Waals surface area contributed by atoms with Crippen LogP contribution < -0.4 is 10.2 Å². The van der Waals surface area contributed by atoms with Crippen molar-refractivity contribution in [3.63, 3.8) is 0 Å². The van der Waals surface area contributed by atoms with Crippen LogP contribution >= 0.6 is 0 Å². The van der Waals surface area contributed by atoms with Crippen molar-refractivity contribution < 1.29 is 9.72 Å². The Labute approximate surface area is 187 Å². The number of nitrogens with one attached hydrogen (secondary N) is 1. The Hall–Kier alpha value is -3.71. The van der Waals surface area contributed by atoms with Gasteiger partial charge in [0.1, 0.15) is 5.56 Å². The summed E-state index contributed by atoms with van der Waals surface area (Å²) in [5.74, 6) is -0.441. The maximum Gasteiger partial charge on any atom is 0.282 e. The molecule has 32 heavy (non-hydrogen) atoms. The molecule has 1 heterocycles. The summed E-state index contributed by atoms with van der Waals surface area (Å²) in [7, 11) is 0. The molecule has 0 spiro atoms. The van der Waals surface area contributed by atoms with Crippen molar-refractivity contribution in [2.45, 2.75) is 13.1 Å². The van der Waals surface area contributed by atoms with Crippen molar-refractivity contribution >= 4 is 17.3 Å². The van der Waals surface area contributed by atoms with E-state index in [1.54, 1.807) is 12.1 Å². The van der Waals surface area contributed by atoms with E-state index in [1.807, 2.05) is 24.3 Å². The number of nitro groups is 1. The third-order valence-corrected chi connectivity index (χ3v) is 5.79. The van der Waals surface area contributed by atoms with Crippen LogP contribution in [0.25, 0.3) is 0 Å². The van der Waals surface area contributed by atoms with Crippen LogP contribution in [0, 0.1) is 10.1 Å². The monoisotopic (exact) mass is 430 g/mol. The topological polar surface area (TPSA) is 78.7 Å². The van der Waals surface area contributed by atoms with Crippen molar-refractivity contribution in [3.05, 3.63) is 106 Å². The molecule has 0 unspecified atom stereocenters. The zero-order valence-electron chi connectivity index (χ0n) is 17.8. The molecular weight excluding hydrogens is 404 g/mol. The molecule has 0 bridgehead atoms. The average Bonchev–Trinajstić information content (AvgIpc) is 2.84. The molecule has 3 aromatic rings. The lowest BCUT2D eigenvalue weighted by Gasteiger charge is -2.36. The smallest absolute Gasteiger partial charge is 0.282 e. The number of carbonyl (C=O) groups excluding carboxylic acids is 1. The third kappa shape index (κ3) is 5.12. The summed E-state index contributed by atoms with van der Waals surface area (Å²) in [5.41, 5.74) is 3.32. The van der Waals surface area contributed by atoms with Crippen LogP contribution in [-0.2, 0) is 13.1 Å². The van der Waals surface area contributed by atoms with E-state index in [0.29, 0.717) is 6.54 Å². The Morgan fingerprint density at radius 2 is 1.47 bits per heavy atom. The predicted molar refractivity (Wildman–Crippen MR) is 125 cm³/mol. The standard InChI is InChI=1S/C25H26N4O3/c30-25(23-12-6-7-13-24(23)29(31)32)26-18-20-8-4-5-9-21(20)19-27-14-16-28(17-15-27)22-10-2-1-3-11-22/h1-13H,14-19H2,(H,26,30). The molecule has 7 heteroatoms. The molecule has 7 nitrogen and oxygen atoms in total. The summed E-state index contributed by atoms with van der Waals surface area (Å²) in [6.45, 7) is 5.00. The number of rotatable bonds is 7. The maximum absolute atomic E-state index is 12.6. The molecule has 1 saturated heterocycles. The minimum atomic E-state index is -0.530. The number of piperazine rings is 1. The number of hydrogen-bond donors (Lipinski definition) is 1. The van der Waals surface area contributed by atoms with Crippen LogP contribution in [0.3, 0.4) is 0 Å². The van der Waals surface area contributed by atoms with E-state index in [4.69, 9.17) is 0 Å². The van der Waals surface area contributed by atoms with Crippen LogP contribution in [0.5, 0.6) is 0 Å². The fourth-order valence-electron chi connectivity index (χ4n) is 4.02. The molecule has 1 amide bonds. The number of anilines is 1. The number of nitro benzene ring substituents is 1. The lowest BCUT2D eigenvalue weighted by molar-refractivity contribution is -0.385. The van der Waals surface area contributed by atoms with E-state index in [2.05, 4.69) is 45.4 Å². The molecule has 1 fully saturated rings. The SMILES string of the molecule is O=C(NCc1ccccc1CN1CCN(c2ccccc2)CC1)c1ccccc1[N+](=O)[O-]. The second kappa shape index (κ2) is 10.1. The zero-order valence-corrected chi connectivity index (χ0v) is 17.8. The van der Waals surface area contributed by atoms with Gasteiger partial charge in [0.15, 0.2) is 0 Å². The van der Waals surface area contributed by atoms with Crippen molar-refractivity contribution in [2.75, 3.05) is 31.1 Å². The average molecular weight is 431 g/mol. The summed E-state index contributed by atoms with van der Waals surface area (Å²) in [4.78, 5) is 28.1. The molecule has 1 aliphatic heterocycles. The highest BCUT2D eigenvalue weighted by molar-refractivity contribution is 5.98. The minimum Gasteiger partial charge on any atom is -0.369 e. The number of benzene rings is 3. The zero-order chi connectivity index (χ0) is 22.3. The van der Waals surface area contributed by atoms with Crippen molar-refractivity contribution in [1.29, 1.82) is 0 Å².